The van der Waals surface area contributed by atoms with Crippen LogP contribution in [0.3, 0.4) is 0 Å². The van der Waals surface area contributed by atoms with E-state index in [2.05, 4.69) is 11.0 Å². The molecule has 19 heavy (non-hydrogen) atoms. The molecule has 1 aromatic rings. The minimum Gasteiger partial charge on any atom is -0.384 e. The van der Waals surface area contributed by atoms with Crippen LogP contribution in [0.2, 0.25) is 5.02 Å². The summed E-state index contributed by atoms with van der Waals surface area (Å²) < 4.78 is 0. The highest BCUT2D eigenvalue weighted by Gasteiger charge is 2.35. The summed E-state index contributed by atoms with van der Waals surface area (Å²) in [5, 5.41) is 8.08. The Labute approximate surface area is 119 Å². The van der Waals surface area contributed by atoms with Crippen LogP contribution < -0.4 is 10.6 Å². The Balaban J connectivity index is 1.89. The summed E-state index contributed by atoms with van der Waals surface area (Å²) in [6.07, 6.45) is 6.68. The lowest BCUT2D eigenvalue weighted by atomic mass is 9.91. The fraction of sp³-hybridized carbons (Fsp3) is 0.533. The second-order valence-electron chi connectivity index (χ2n) is 5.67. The predicted molar refractivity (Wildman–Crippen MR) is 80.2 cm³/mol. The molecular formula is C15H20ClN3. The fourth-order valence-electron chi connectivity index (χ4n) is 3.68. The highest BCUT2D eigenvalue weighted by Crippen LogP contribution is 2.39. The molecule has 3 N–H and O–H groups in total. The van der Waals surface area contributed by atoms with Crippen LogP contribution >= 0.6 is 11.6 Å². The Morgan fingerprint density at radius 3 is 2.79 bits per heavy atom. The van der Waals surface area contributed by atoms with E-state index >= 15 is 0 Å². The second-order valence-corrected chi connectivity index (χ2v) is 6.08. The number of halogens is 1. The van der Waals surface area contributed by atoms with E-state index in [1.54, 1.807) is 0 Å². The number of hydrogen-bond donors (Lipinski definition) is 2. The predicted octanol–water partition coefficient (Wildman–Crippen LogP) is 3.39. The molecule has 0 spiro atoms. The summed E-state index contributed by atoms with van der Waals surface area (Å²) >= 11 is 6.24. The molecule has 2 atom stereocenters. The standard InChI is InChI=1S/C15H20ClN3/c16-13-9-11(6-7-12(13)15(17)18)19-8-2-4-10-3-1-5-14(10)19/h6-7,9-10,14H,1-5,8H2,(H3,17,18). The molecule has 0 amide bonds. The van der Waals surface area contributed by atoms with Crippen molar-refractivity contribution in [3.8, 4) is 0 Å². The van der Waals surface area contributed by atoms with Gasteiger partial charge in [0.15, 0.2) is 0 Å². The number of anilines is 1. The highest BCUT2D eigenvalue weighted by atomic mass is 35.5. The van der Waals surface area contributed by atoms with Gasteiger partial charge in [0, 0.05) is 23.8 Å². The van der Waals surface area contributed by atoms with Gasteiger partial charge in [-0.15, -0.1) is 0 Å². The van der Waals surface area contributed by atoms with E-state index in [0.29, 0.717) is 16.6 Å². The number of piperidine rings is 1. The zero-order chi connectivity index (χ0) is 13.4. The summed E-state index contributed by atoms with van der Waals surface area (Å²) in [6, 6.07) is 6.59. The summed E-state index contributed by atoms with van der Waals surface area (Å²) in [7, 11) is 0. The molecule has 2 aliphatic rings. The number of fused-ring (bicyclic) bond motifs is 1. The molecule has 1 aromatic carbocycles. The van der Waals surface area contributed by atoms with Gasteiger partial charge in [-0.05, 0) is 49.8 Å². The molecule has 3 rings (SSSR count). The van der Waals surface area contributed by atoms with Crippen LogP contribution in [0.5, 0.6) is 0 Å². The van der Waals surface area contributed by atoms with Crippen molar-refractivity contribution in [1.82, 2.24) is 0 Å². The van der Waals surface area contributed by atoms with Crippen molar-refractivity contribution in [2.45, 2.75) is 38.1 Å². The maximum Gasteiger partial charge on any atom is 0.124 e. The van der Waals surface area contributed by atoms with Gasteiger partial charge < -0.3 is 10.6 Å². The minimum absolute atomic E-state index is 0.0361. The van der Waals surface area contributed by atoms with Gasteiger partial charge in [0.2, 0.25) is 0 Å². The molecule has 1 aliphatic heterocycles. The van der Waals surface area contributed by atoms with E-state index in [-0.39, 0.29) is 5.84 Å². The number of nitrogens with one attached hydrogen (secondary N) is 1. The van der Waals surface area contributed by atoms with Gasteiger partial charge in [-0.25, -0.2) is 0 Å². The van der Waals surface area contributed by atoms with E-state index in [9.17, 15) is 0 Å². The van der Waals surface area contributed by atoms with Crippen LogP contribution in [0.25, 0.3) is 0 Å². The molecule has 4 heteroatoms. The molecule has 1 saturated carbocycles. The van der Waals surface area contributed by atoms with Crippen molar-refractivity contribution < 1.29 is 0 Å². The SMILES string of the molecule is N=C(N)c1ccc(N2CCCC3CCCC32)cc1Cl. The van der Waals surface area contributed by atoms with Crippen LogP contribution in [0.1, 0.15) is 37.7 Å². The lowest BCUT2D eigenvalue weighted by Gasteiger charge is -2.39. The number of nitrogen functional groups attached to an aromatic ring is 1. The zero-order valence-electron chi connectivity index (χ0n) is 11.0. The van der Waals surface area contributed by atoms with Gasteiger partial charge in [-0.2, -0.15) is 0 Å². The summed E-state index contributed by atoms with van der Waals surface area (Å²) in [5.74, 6) is 0.897. The lowest BCUT2D eigenvalue weighted by molar-refractivity contribution is 0.362. The third kappa shape index (κ3) is 2.32. The van der Waals surface area contributed by atoms with Gasteiger partial charge in [-0.1, -0.05) is 18.0 Å². The average Bonchev–Trinajstić information content (AvgIpc) is 2.86. The van der Waals surface area contributed by atoms with Crippen LogP contribution in [-0.2, 0) is 0 Å². The molecule has 0 aromatic heterocycles. The first kappa shape index (κ1) is 12.8. The molecule has 1 aliphatic carbocycles. The van der Waals surface area contributed by atoms with Crippen LogP contribution in [-0.4, -0.2) is 18.4 Å². The van der Waals surface area contributed by atoms with Crippen molar-refractivity contribution in [2.24, 2.45) is 11.7 Å². The van der Waals surface area contributed by atoms with E-state index < -0.39 is 0 Å². The Bertz CT molecular complexity index is 500. The largest absolute Gasteiger partial charge is 0.384 e. The van der Waals surface area contributed by atoms with E-state index in [4.69, 9.17) is 22.7 Å². The molecule has 0 bridgehead atoms. The van der Waals surface area contributed by atoms with E-state index in [1.807, 2.05) is 12.1 Å². The van der Waals surface area contributed by atoms with Gasteiger partial charge in [0.25, 0.3) is 0 Å². The van der Waals surface area contributed by atoms with E-state index in [0.717, 1.165) is 12.5 Å². The highest BCUT2D eigenvalue weighted by molar-refractivity contribution is 6.34. The Kier molecular flexibility index (Phi) is 3.40. The first-order valence-corrected chi connectivity index (χ1v) is 7.45. The first-order valence-electron chi connectivity index (χ1n) is 7.07. The Morgan fingerprint density at radius 2 is 2.05 bits per heavy atom. The van der Waals surface area contributed by atoms with E-state index in [1.165, 1.54) is 37.8 Å². The Morgan fingerprint density at radius 1 is 1.26 bits per heavy atom. The first-order chi connectivity index (χ1) is 9.16. The van der Waals surface area contributed by atoms with Gasteiger partial charge in [0.05, 0.1) is 5.02 Å². The number of benzene rings is 1. The molecule has 3 nitrogen and oxygen atoms in total. The maximum atomic E-state index is 7.49. The number of hydrogen-bond acceptors (Lipinski definition) is 2. The van der Waals surface area contributed by atoms with Crippen molar-refractivity contribution >= 4 is 23.1 Å². The number of amidine groups is 1. The number of nitrogens with two attached hydrogens (primary N) is 1. The fourth-order valence-corrected chi connectivity index (χ4v) is 3.95. The van der Waals surface area contributed by atoms with Crippen molar-refractivity contribution in [3.05, 3.63) is 28.8 Å². The zero-order valence-corrected chi connectivity index (χ0v) is 11.8. The number of nitrogens with zero attached hydrogens (tertiary/aromatic N) is 1. The third-order valence-electron chi connectivity index (χ3n) is 4.57. The van der Waals surface area contributed by atoms with Crippen LogP contribution in [0.4, 0.5) is 5.69 Å². The van der Waals surface area contributed by atoms with Crippen molar-refractivity contribution in [2.75, 3.05) is 11.4 Å². The molecule has 0 radical (unpaired) electrons. The molecule has 2 unspecified atom stereocenters. The quantitative estimate of drug-likeness (QED) is 0.643. The van der Waals surface area contributed by atoms with Crippen molar-refractivity contribution in [1.29, 1.82) is 5.41 Å². The van der Waals surface area contributed by atoms with Crippen LogP contribution in [0, 0.1) is 11.3 Å². The van der Waals surface area contributed by atoms with Gasteiger partial charge in [0.1, 0.15) is 5.84 Å². The molecule has 1 heterocycles. The molecular weight excluding hydrogens is 258 g/mol. The minimum atomic E-state index is 0.0361. The monoisotopic (exact) mass is 277 g/mol. The normalized spacial score (nSPS) is 26.3. The van der Waals surface area contributed by atoms with Gasteiger partial charge >= 0.3 is 0 Å². The second kappa shape index (κ2) is 5.04. The smallest absolute Gasteiger partial charge is 0.124 e. The van der Waals surface area contributed by atoms with Gasteiger partial charge in [-0.3, -0.25) is 5.41 Å². The average molecular weight is 278 g/mol. The summed E-state index contributed by atoms with van der Waals surface area (Å²) in [5.41, 5.74) is 7.33. The lowest BCUT2D eigenvalue weighted by Crippen LogP contribution is -2.42. The molecule has 102 valence electrons. The van der Waals surface area contributed by atoms with Crippen molar-refractivity contribution in [3.63, 3.8) is 0 Å². The third-order valence-corrected chi connectivity index (χ3v) is 4.88. The molecule has 2 fully saturated rings. The number of rotatable bonds is 2. The maximum absolute atomic E-state index is 7.49. The van der Waals surface area contributed by atoms with Crippen LogP contribution in [0.15, 0.2) is 18.2 Å². The topological polar surface area (TPSA) is 53.1 Å². The summed E-state index contributed by atoms with van der Waals surface area (Å²) in [6.45, 7) is 1.12. The summed E-state index contributed by atoms with van der Waals surface area (Å²) in [4.78, 5) is 2.51. The Hall–Kier alpha value is -1.22. The molecule has 1 saturated heterocycles.